The van der Waals surface area contributed by atoms with Gasteiger partial charge in [-0.3, -0.25) is 4.68 Å². The Bertz CT molecular complexity index is 487. The van der Waals surface area contributed by atoms with Crippen LogP contribution in [0, 0.1) is 0 Å². The van der Waals surface area contributed by atoms with Crippen LogP contribution in [0.2, 0.25) is 0 Å². The molecule has 2 aromatic heterocycles. The molecule has 5 heteroatoms. The summed E-state index contributed by atoms with van der Waals surface area (Å²) in [7, 11) is 1.84. The summed E-state index contributed by atoms with van der Waals surface area (Å²) in [6.45, 7) is 4.20. The molecule has 0 saturated carbocycles. The Balaban J connectivity index is 2.62. The van der Waals surface area contributed by atoms with Crippen molar-refractivity contribution >= 4 is 5.82 Å². The largest absolute Gasteiger partial charge is 0.384 e. The molecule has 0 bridgehead atoms. The van der Waals surface area contributed by atoms with Gasteiger partial charge in [-0.25, -0.2) is 9.97 Å². The molecule has 2 heterocycles. The molecule has 0 spiro atoms. The Morgan fingerprint density at radius 2 is 1.88 bits per heavy atom. The van der Waals surface area contributed by atoms with E-state index in [9.17, 15) is 0 Å². The Hall–Kier alpha value is -1.91. The zero-order chi connectivity index (χ0) is 11.7. The fraction of sp³-hybridized carbons (Fsp3) is 0.364. The topological polar surface area (TPSA) is 69.6 Å². The number of nitrogens with two attached hydrogens (primary N) is 1. The lowest BCUT2D eigenvalue weighted by Gasteiger charge is -2.06. The number of aromatic nitrogens is 4. The molecular formula is C11H15N5. The summed E-state index contributed by atoms with van der Waals surface area (Å²) < 4.78 is 1.69. The maximum absolute atomic E-state index is 6.00. The van der Waals surface area contributed by atoms with Crippen molar-refractivity contribution in [3.63, 3.8) is 0 Å². The molecule has 0 amide bonds. The van der Waals surface area contributed by atoms with E-state index < -0.39 is 0 Å². The first-order valence-corrected chi connectivity index (χ1v) is 5.19. The van der Waals surface area contributed by atoms with Crippen molar-refractivity contribution in [3.05, 3.63) is 24.3 Å². The number of nitrogen functional groups attached to an aromatic ring is 1. The van der Waals surface area contributed by atoms with E-state index in [0.717, 1.165) is 16.8 Å². The summed E-state index contributed by atoms with van der Waals surface area (Å²) in [5, 5.41) is 4.41. The molecule has 2 aromatic rings. The highest BCUT2D eigenvalue weighted by Gasteiger charge is 2.18. The van der Waals surface area contributed by atoms with Gasteiger partial charge in [-0.1, -0.05) is 13.8 Å². The summed E-state index contributed by atoms with van der Waals surface area (Å²) in [6, 6.07) is 0. The normalized spacial score (nSPS) is 11.0. The lowest BCUT2D eigenvalue weighted by molar-refractivity contribution is 0.779. The zero-order valence-corrected chi connectivity index (χ0v) is 9.68. The zero-order valence-electron chi connectivity index (χ0n) is 9.68. The Morgan fingerprint density at radius 3 is 2.44 bits per heavy atom. The molecule has 0 aliphatic rings. The predicted octanol–water partition coefficient (Wildman–Crippen LogP) is 1.58. The standard InChI is InChI=1S/C11H15N5/c1-7(2)9-10(15-16(3)11(9)12)8-4-13-6-14-5-8/h4-7H,12H2,1-3H3. The minimum atomic E-state index is 0.323. The second kappa shape index (κ2) is 3.92. The van der Waals surface area contributed by atoms with Gasteiger partial charge in [0, 0.05) is 30.6 Å². The SMILES string of the molecule is CC(C)c1c(-c2cncnc2)nn(C)c1N. The van der Waals surface area contributed by atoms with Gasteiger partial charge in [-0.2, -0.15) is 5.10 Å². The van der Waals surface area contributed by atoms with Crippen molar-refractivity contribution in [2.45, 2.75) is 19.8 Å². The van der Waals surface area contributed by atoms with Gasteiger partial charge in [-0.05, 0) is 5.92 Å². The van der Waals surface area contributed by atoms with Crippen molar-refractivity contribution in [3.8, 4) is 11.3 Å². The summed E-state index contributed by atoms with van der Waals surface area (Å²) in [5.74, 6) is 1.03. The molecule has 0 saturated heterocycles. The minimum Gasteiger partial charge on any atom is -0.384 e. The fourth-order valence-electron chi connectivity index (χ4n) is 1.76. The van der Waals surface area contributed by atoms with E-state index >= 15 is 0 Å². The molecule has 0 radical (unpaired) electrons. The number of anilines is 1. The van der Waals surface area contributed by atoms with Crippen LogP contribution in [0.15, 0.2) is 18.7 Å². The van der Waals surface area contributed by atoms with Gasteiger partial charge >= 0.3 is 0 Å². The Morgan fingerprint density at radius 1 is 1.25 bits per heavy atom. The van der Waals surface area contributed by atoms with Crippen LogP contribution in [0.5, 0.6) is 0 Å². The van der Waals surface area contributed by atoms with E-state index in [1.165, 1.54) is 6.33 Å². The molecular weight excluding hydrogens is 202 g/mol. The highest BCUT2D eigenvalue weighted by molar-refractivity contribution is 5.67. The summed E-state index contributed by atoms with van der Waals surface area (Å²) in [6.07, 6.45) is 5.01. The fourth-order valence-corrected chi connectivity index (χ4v) is 1.76. The molecule has 0 aliphatic heterocycles. The average molecular weight is 217 g/mol. The van der Waals surface area contributed by atoms with Gasteiger partial charge in [0.2, 0.25) is 0 Å². The molecule has 16 heavy (non-hydrogen) atoms. The third-order valence-corrected chi connectivity index (χ3v) is 2.54. The van der Waals surface area contributed by atoms with Crippen molar-refractivity contribution in [2.75, 3.05) is 5.73 Å². The summed E-state index contributed by atoms with van der Waals surface area (Å²) in [5.41, 5.74) is 8.83. The summed E-state index contributed by atoms with van der Waals surface area (Å²) >= 11 is 0. The van der Waals surface area contributed by atoms with Crippen LogP contribution < -0.4 is 5.73 Å². The molecule has 0 aromatic carbocycles. The first-order valence-electron chi connectivity index (χ1n) is 5.19. The lowest BCUT2D eigenvalue weighted by atomic mass is 10.0. The maximum atomic E-state index is 6.00. The van der Waals surface area contributed by atoms with E-state index in [4.69, 9.17) is 5.73 Å². The Labute approximate surface area is 94.3 Å². The highest BCUT2D eigenvalue weighted by atomic mass is 15.3. The third kappa shape index (κ3) is 1.64. The van der Waals surface area contributed by atoms with Crippen LogP contribution in [0.3, 0.4) is 0 Å². The molecule has 5 nitrogen and oxygen atoms in total. The molecule has 0 atom stereocenters. The molecule has 0 fully saturated rings. The van der Waals surface area contributed by atoms with Crippen LogP contribution >= 0.6 is 0 Å². The molecule has 2 N–H and O–H groups in total. The lowest BCUT2D eigenvalue weighted by Crippen LogP contribution is -2.00. The second-order valence-electron chi connectivity index (χ2n) is 4.05. The van der Waals surface area contributed by atoms with Crippen LogP contribution in [0.4, 0.5) is 5.82 Å². The van der Waals surface area contributed by atoms with E-state index in [1.807, 2.05) is 7.05 Å². The van der Waals surface area contributed by atoms with Crippen molar-refractivity contribution in [1.29, 1.82) is 0 Å². The predicted molar refractivity (Wildman–Crippen MR) is 62.7 cm³/mol. The van der Waals surface area contributed by atoms with E-state index in [-0.39, 0.29) is 0 Å². The van der Waals surface area contributed by atoms with Crippen LogP contribution in [-0.4, -0.2) is 19.7 Å². The number of hydrogen-bond acceptors (Lipinski definition) is 4. The molecule has 84 valence electrons. The third-order valence-electron chi connectivity index (χ3n) is 2.54. The molecule has 0 aliphatic carbocycles. The van der Waals surface area contributed by atoms with Crippen LogP contribution in [0.25, 0.3) is 11.3 Å². The van der Waals surface area contributed by atoms with Gasteiger partial charge in [-0.15, -0.1) is 0 Å². The van der Waals surface area contributed by atoms with Crippen LogP contribution in [-0.2, 0) is 7.05 Å². The average Bonchev–Trinajstić information content (AvgIpc) is 2.57. The number of hydrogen-bond donors (Lipinski definition) is 1. The first kappa shape index (κ1) is 10.6. The van der Waals surface area contributed by atoms with E-state index in [2.05, 4.69) is 28.9 Å². The van der Waals surface area contributed by atoms with Crippen molar-refractivity contribution < 1.29 is 0 Å². The van der Waals surface area contributed by atoms with Crippen molar-refractivity contribution in [2.24, 2.45) is 7.05 Å². The van der Waals surface area contributed by atoms with E-state index in [0.29, 0.717) is 11.7 Å². The first-order chi connectivity index (χ1) is 7.61. The maximum Gasteiger partial charge on any atom is 0.125 e. The molecule has 0 unspecified atom stereocenters. The van der Waals surface area contributed by atoms with Crippen LogP contribution in [0.1, 0.15) is 25.3 Å². The van der Waals surface area contributed by atoms with Gasteiger partial charge in [0.25, 0.3) is 0 Å². The second-order valence-corrected chi connectivity index (χ2v) is 4.05. The number of aryl methyl sites for hydroxylation is 1. The Kier molecular flexibility index (Phi) is 2.60. The summed E-state index contributed by atoms with van der Waals surface area (Å²) in [4.78, 5) is 8.00. The van der Waals surface area contributed by atoms with Gasteiger partial charge < -0.3 is 5.73 Å². The number of nitrogens with zero attached hydrogens (tertiary/aromatic N) is 4. The van der Waals surface area contributed by atoms with Gasteiger partial charge in [0.05, 0.1) is 0 Å². The highest BCUT2D eigenvalue weighted by Crippen LogP contribution is 2.31. The smallest absolute Gasteiger partial charge is 0.125 e. The minimum absolute atomic E-state index is 0.323. The van der Waals surface area contributed by atoms with Gasteiger partial charge in [0.1, 0.15) is 17.8 Å². The van der Waals surface area contributed by atoms with Gasteiger partial charge in [0.15, 0.2) is 0 Å². The molecule has 2 rings (SSSR count). The number of rotatable bonds is 2. The quantitative estimate of drug-likeness (QED) is 0.829. The van der Waals surface area contributed by atoms with Crippen molar-refractivity contribution in [1.82, 2.24) is 19.7 Å². The monoisotopic (exact) mass is 217 g/mol. The van der Waals surface area contributed by atoms with E-state index in [1.54, 1.807) is 17.1 Å².